The number of carbonyl (C=O) groups is 1. The lowest BCUT2D eigenvalue weighted by Crippen LogP contribution is -2.36. The number of rotatable bonds is 5. The van der Waals surface area contributed by atoms with E-state index in [2.05, 4.69) is 15.4 Å². The first-order valence-corrected chi connectivity index (χ1v) is 9.91. The molecule has 7 nitrogen and oxygen atoms in total. The smallest absolute Gasteiger partial charge is 0.317 e. The molecule has 1 N–H and O–H groups in total. The van der Waals surface area contributed by atoms with Crippen LogP contribution in [0.2, 0.25) is 0 Å². The van der Waals surface area contributed by atoms with E-state index in [1.807, 2.05) is 24.3 Å². The van der Waals surface area contributed by atoms with Crippen LogP contribution in [-0.2, 0) is 25.9 Å². The maximum atomic E-state index is 12.5. The summed E-state index contributed by atoms with van der Waals surface area (Å²) in [5.41, 5.74) is 3.12. The fourth-order valence-electron chi connectivity index (χ4n) is 3.27. The highest BCUT2D eigenvalue weighted by Gasteiger charge is 2.17. The third-order valence-electron chi connectivity index (χ3n) is 4.70. The van der Waals surface area contributed by atoms with Gasteiger partial charge in [-0.2, -0.15) is 5.10 Å². The van der Waals surface area contributed by atoms with Crippen molar-refractivity contribution in [2.45, 2.75) is 38.8 Å². The Morgan fingerprint density at radius 1 is 1.30 bits per heavy atom. The Kier molecular flexibility index (Phi) is 5.15. The monoisotopic (exact) mass is 382 g/mol. The Morgan fingerprint density at radius 3 is 2.96 bits per heavy atom. The average Bonchev–Trinajstić information content (AvgIpc) is 3.35. The molecular weight excluding hydrogens is 360 g/mol. The third-order valence-corrected chi connectivity index (χ3v) is 5.84. The van der Waals surface area contributed by atoms with Crippen molar-refractivity contribution in [3.63, 3.8) is 0 Å². The van der Waals surface area contributed by atoms with Crippen molar-refractivity contribution in [2.24, 2.45) is 0 Å². The Labute approximate surface area is 162 Å². The van der Waals surface area contributed by atoms with Crippen molar-refractivity contribution in [3.8, 4) is 5.69 Å². The van der Waals surface area contributed by atoms with Gasteiger partial charge in [0.25, 0.3) is 0 Å². The molecular formula is C19H22N6OS. The van der Waals surface area contributed by atoms with Gasteiger partial charge in [-0.3, -0.25) is 0 Å². The van der Waals surface area contributed by atoms with E-state index in [-0.39, 0.29) is 6.03 Å². The largest absolute Gasteiger partial charge is 0.334 e. The van der Waals surface area contributed by atoms with Crippen LogP contribution < -0.4 is 5.32 Å². The summed E-state index contributed by atoms with van der Waals surface area (Å²) in [6.07, 6.45) is 7.81. The highest BCUT2D eigenvalue weighted by Crippen LogP contribution is 2.27. The normalized spacial score (nSPS) is 13.2. The van der Waals surface area contributed by atoms with Crippen LogP contribution in [-0.4, -0.2) is 37.7 Å². The molecule has 3 aromatic rings. The molecule has 4 rings (SSSR count). The van der Waals surface area contributed by atoms with E-state index in [0.717, 1.165) is 29.1 Å². The molecule has 0 spiro atoms. The summed E-state index contributed by atoms with van der Waals surface area (Å²) in [5, 5.41) is 8.17. The summed E-state index contributed by atoms with van der Waals surface area (Å²) in [7, 11) is 1.80. The van der Waals surface area contributed by atoms with E-state index in [9.17, 15) is 4.79 Å². The lowest BCUT2D eigenvalue weighted by Gasteiger charge is -2.17. The van der Waals surface area contributed by atoms with Gasteiger partial charge in [0.1, 0.15) is 17.7 Å². The number of hydrogen-bond acceptors (Lipinski definition) is 5. The molecule has 2 heterocycles. The van der Waals surface area contributed by atoms with Crippen LogP contribution >= 0.6 is 11.3 Å². The standard InChI is InChI=1S/C19H22N6OS/c1-24(11-18-23-15-7-3-5-9-17(15)27-18)19(26)21-10-14-6-2-4-8-16(14)25-13-20-12-22-25/h2,4,6,8,12-13H,3,5,7,9-11H2,1H3,(H,21,26). The van der Waals surface area contributed by atoms with E-state index in [0.29, 0.717) is 13.1 Å². The van der Waals surface area contributed by atoms with Crippen LogP contribution in [0.4, 0.5) is 4.79 Å². The second kappa shape index (κ2) is 7.87. The highest BCUT2D eigenvalue weighted by molar-refractivity contribution is 7.11. The summed E-state index contributed by atoms with van der Waals surface area (Å²) >= 11 is 1.74. The van der Waals surface area contributed by atoms with Crippen LogP contribution in [0.3, 0.4) is 0 Å². The van der Waals surface area contributed by atoms with Crippen LogP contribution in [0.25, 0.3) is 5.69 Å². The fourth-order valence-corrected chi connectivity index (χ4v) is 4.48. The summed E-state index contributed by atoms with van der Waals surface area (Å²) in [6, 6.07) is 7.72. The minimum absolute atomic E-state index is 0.114. The van der Waals surface area contributed by atoms with E-state index in [1.165, 1.54) is 29.7 Å². The van der Waals surface area contributed by atoms with Gasteiger partial charge in [-0.05, 0) is 37.3 Å². The van der Waals surface area contributed by atoms with Crippen molar-refractivity contribution in [1.29, 1.82) is 0 Å². The van der Waals surface area contributed by atoms with Gasteiger partial charge in [0, 0.05) is 18.5 Å². The number of amides is 2. The summed E-state index contributed by atoms with van der Waals surface area (Å²) in [6.45, 7) is 0.960. The number of urea groups is 1. The van der Waals surface area contributed by atoms with Crippen molar-refractivity contribution >= 4 is 17.4 Å². The van der Waals surface area contributed by atoms with Gasteiger partial charge in [0.15, 0.2) is 0 Å². The maximum absolute atomic E-state index is 12.5. The van der Waals surface area contributed by atoms with Crippen LogP contribution in [0.5, 0.6) is 0 Å². The summed E-state index contributed by atoms with van der Waals surface area (Å²) < 4.78 is 1.70. The molecule has 0 radical (unpaired) electrons. The van der Waals surface area contributed by atoms with Crippen molar-refractivity contribution in [2.75, 3.05) is 7.05 Å². The quantitative estimate of drug-likeness (QED) is 0.736. The molecule has 0 atom stereocenters. The number of nitrogens with zero attached hydrogens (tertiary/aromatic N) is 5. The number of nitrogens with one attached hydrogen (secondary N) is 1. The van der Waals surface area contributed by atoms with E-state index in [4.69, 9.17) is 4.98 Å². The topological polar surface area (TPSA) is 75.9 Å². The Hall–Kier alpha value is -2.74. The number of benzene rings is 1. The number of thiazole rings is 1. The molecule has 2 amide bonds. The van der Waals surface area contributed by atoms with Gasteiger partial charge in [-0.15, -0.1) is 11.3 Å². The number of aromatic nitrogens is 4. The van der Waals surface area contributed by atoms with Gasteiger partial charge in [0.05, 0.1) is 17.9 Å². The molecule has 140 valence electrons. The molecule has 0 fully saturated rings. The maximum Gasteiger partial charge on any atom is 0.317 e. The minimum atomic E-state index is -0.114. The molecule has 0 unspecified atom stereocenters. The SMILES string of the molecule is CN(Cc1nc2c(s1)CCCC2)C(=O)NCc1ccccc1-n1cncn1. The fraction of sp³-hybridized carbons (Fsp3) is 0.368. The van der Waals surface area contributed by atoms with Gasteiger partial charge in [0.2, 0.25) is 0 Å². The molecule has 2 aromatic heterocycles. The second-order valence-electron chi connectivity index (χ2n) is 6.67. The Bertz CT molecular complexity index is 897. The van der Waals surface area contributed by atoms with Gasteiger partial charge < -0.3 is 10.2 Å². The molecule has 1 aliphatic carbocycles. The summed E-state index contributed by atoms with van der Waals surface area (Å²) in [5.74, 6) is 0. The van der Waals surface area contributed by atoms with Crippen molar-refractivity contribution < 1.29 is 4.79 Å². The molecule has 1 aliphatic rings. The highest BCUT2D eigenvalue weighted by atomic mass is 32.1. The minimum Gasteiger partial charge on any atom is -0.334 e. The first-order chi connectivity index (χ1) is 13.2. The number of para-hydroxylation sites is 1. The first kappa shape index (κ1) is 17.7. The molecule has 0 aliphatic heterocycles. The zero-order valence-electron chi connectivity index (χ0n) is 15.3. The average molecular weight is 382 g/mol. The Morgan fingerprint density at radius 2 is 2.15 bits per heavy atom. The van der Waals surface area contributed by atoms with Crippen molar-refractivity contribution in [3.05, 3.63) is 58.1 Å². The molecule has 0 saturated heterocycles. The van der Waals surface area contributed by atoms with Crippen LogP contribution in [0.15, 0.2) is 36.9 Å². The second-order valence-corrected chi connectivity index (χ2v) is 7.84. The van der Waals surface area contributed by atoms with Gasteiger partial charge in [-0.25, -0.2) is 19.4 Å². The van der Waals surface area contributed by atoms with Crippen LogP contribution in [0.1, 0.15) is 34.0 Å². The molecule has 0 bridgehead atoms. The van der Waals surface area contributed by atoms with E-state index in [1.54, 1.807) is 34.3 Å². The Balaban J connectivity index is 1.37. The van der Waals surface area contributed by atoms with E-state index >= 15 is 0 Å². The van der Waals surface area contributed by atoms with Crippen LogP contribution in [0, 0.1) is 0 Å². The molecule has 1 aromatic carbocycles. The summed E-state index contributed by atoms with van der Waals surface area (Å²) in [4.78, 5) is 24.3. The molecule has 8 heteroatoms. The number of carbonyl (C=O) groups excluding carboxylic acids is 1. The lowest BCUT2D eigenvalue weighted by atomic mass is 10.0. The number of hydrogen-bond donors (Lipinski definition) is 1. The third kappa shape index (κ3) is 4.00. The van der Waals surface area contributed by atoms with E-state index < -0.39 is 0 Å². The zero-order chi connectivity index (χ0) is 18.6. The number of fused-ring (bicyclic) bond motifs is 1. The predicted molar refractivity (Wildman–Crippen MR) is 104 cm³/mol. The van der Waals surface area contributed by atoms with Gasteiger partial charge in [-0.1, -0.05) is 18.2 Å². The van der Waals surface area contributed by atoms with Gasteiger partial charge >= 0.3 is 6.03 Å². The number of aryl methyl sites for hydroxylation is 2. The zero-order valence-corrected chi connectivity index (χ0v) is 16.1. The molecule has 0 saturated carbocycles. The first-order valence-electron chi connectivity index (χ1n) is 9.10. The predicted octanol–water partition coefficient (Wildman–Crippen LogP) is 2.94. The van der Waals surface area contributed by atoms with Crippen molar-refractivity contribution in [1.82, 2.24) is 30.0 Å². The molecule has 27 heavy (non-hydrogen) atoms. The lowest BCUT2D eigenvalue weighted by molar-refractivity contribution is 0.206.